The summed E-state index contributed by atoms with van der Waals surface area (Å²) in [5, 5.41) is 18.1. The number of aliphatic hydroxyl groups is 1. The van der Waals surface area contributed by atoms with Crippen molar-refractivity contribution in [2.24, 2.45) is 5.41 Å². The van der Waals surface area contributed by atoms with Gasteiger partial charge in [0.25, 0.3) is 0 Å². The van der Waals surface area contributed by atoms with Gasteiger partial charge in [-0.1, -0.05) is 6.92 Å². The molecule has 0 aromatic heterocycles. The molecule has 5 nitrogen and oxygen atoms in total. The molecule has 1 rings (SSSR count). The first kappa shape index (κ1) is 11.3. The van der Waals surface area contributed by atoms with Crippen molar-refractivity contribution >= 4 is 11.6 Å². The van der Waals surface area contributed by atoms with Crippen LogP contribution in [0.25, 0.3) is 0 Å². The minimum Gasteiger partial charge on any atom is -0.384 e. The average molecular weight is 201 g/mol. The van der Waals surface area contributed by atoms with Crippen LogP contribution in [0, 0.1) is 5.41 Å². The lowest BCUT2D eigenvalue weighted by atomic mass is 9.70. The molecule has 0 aromatic rings. The third kappa shape index (κ3) is 1.84. The van der Waals surface area contributed by atoms with Gasteiger partial charge in [0, 0.05) is 11.8 Å². The van der Waals surface area contributed by atoms with Crippen LogP contribution in [-0.4, -0.2) is 34.0 Å². The van der Waals surface area contributed by atoms with Crippen LogP contribution < -0.4 is 5.48 Å². The molecule has 1 aliphatic carbocycles. The molecule has 0 saturated heterocycles. The number of hydrogen-bond donors (Lipinski definition) is 3. The van der Waals surface area contributed by atoms with E-state index in [9.17, 15) is 14.7 Å². The van der Waals surface area contributed by atoms with Crippen molar-refractivity contribution in [3.8, 4) is 0 Å². The highest BCUT2D eigenvalue weighted by Gasteiger charge is 2.44. The molecule has 3 N–H and O–H groups in total. The summed E-state index contributed by atoms with van der Waals surface area (Å²) in [7, 11) is 0. The number of hydrogen-bond acceptors (Lipinski definition) is 5. The van der Waals surface area contributed by atoms with E-state index in [-0.39, 0.29) is 18.6 Å². The van der Waals surface area contributed by atoms with Crippen molar-refractivity contribution in [2.75, 3.05) is 0 Å². The average Bonchev–Trinajstić information content (AvgIpc) is 2.11. The second kappa shape index (κ2) is 3.76. The Morgan fingerprint density at radius 2 is 2.21 bits per heavy atom. The Kier molecular flexibility index (Phi) is 3.04. The number of aliphatic hydroxyl groups excluding tert-OH is 1. The number of carbonyl (C=O) groups excluding carboxylic acids is 2. The van der Waals surface area contributed by atoms with Crippen LogP contribution in [0.1, 0.15) is 26.7 Å². The van der Waals surface area contributed by atoms with Crippen molar-refractivity contribution in [3.05, 3.63) is 0 Å². The first-order chi connectivity index (χ1) is 6.40. The summed E-state index contributed by atoms with van der Waals surface area (Å²) in [6.45, 7) is 3.09. The second-order valence-corrected chi connectivity index (χ2v) is 4.14. The van der Waals surface area contributed by atoms with E-state index in [1.165, 1.54) is 6.92 Å². The predicted molar refractivity (Wildman–Crippen MR) is 47.7 cm³/mol. The van der Waals surface area contributed by atoms with Gasteiger partial charge in [-0.15, -0.1) is 0 Å². The third-order valence-electron chi connectivity index (χ3n) is 2.96. The van der Waals surface area contributed by atoms with Crippen LogP contribution in [0.4, 0.5) is 0 Å². The van der Waals surface area contributed by atoms with E-state index in [1.54, 1.807) is 6.92 Å². The van der Waals surface area contributed by atoms with Gasteiger partial charge in [-0.25, -0.2) is 0 Å². The Morgan fingerprint density at radius 1 is 1.64 bits per heavy atom. The molecule has 14 heavy (non-hydrogen) atoms. The van der Waals surface area contributed by atoms with Gasteiger partial charge in [0.05, 0.1) is 6.04 Å². The third-order valence-corrected chi connectivity index (χ3v) is 2.96. The lowest BCUT2D eigenvalue weighted by Crippen LogP contribution is -2.53. The van der Waals surface area contributed by atoms with Crippen LogP contribution in [0.5, 0.6) is 0 Å². The maximum absolute atomic E-state index is 11.3. The molecular formula is C9H15NO4. The molecule has 1 aliphatic rings. The van der Waals surface area contributed by atoms with Gasteiger partial charge in [0.1, 0.15) is 11.9 Å². The number of hydroxylamine groups is 1. The number of rotatable bonds is 2. The number of ketones is 2. The van der Waals surface area contributed by atoms with Gasteiger partial charge in [-0.3, -0.25) is 9.59 Å². The fourth-order valence-corrected chi connectivity index (χ4v) is 1.77. The van der Waals surface area contributed by atoms with Gasteiger partial charge >= 0.3 is 0 Å². The van der Waals surface area contributed by atoms with Crippen molar-refractivity contribution in [2.45, 2.75) is 38.8 Å². The fourth-order valence-electron chi connectivity index (χ4n) is 1.77. The molecule has 5 heteroatoms. The zero-order valence-electron chi connectivity index (χ0n) is 8.28. The van der Waals surface area contributed by atoms with Crippen molar-refractivity contribution in [1.29, 1.82) is 0 Å². The van der Waals surface area contributed by atoms with Crippen LogP contribution in [0.2, 0.25) is 0 Å². The molecule has 0 aliphatic heterocycles. The largest absolute Gasteiger partial charge is 0.384 e. The van der Waals surface area contributed by atoms with E-state index in [4.69, 9.17) is 5.21 Å². The molecule has 0 amide bonds. The molecule has 0 heterocycles. The molecule has 1 fully saturated rings. The van der Waals surface area contributed by atoms with E-state index < -0.39 is 23.3 Å². The smallest absolute Gasteiger partial charge is 0.163 e. The number of nitrogens with one attached hydrogen (secondary N) is 1. The topological polar surface area (TPSA) is 86.6 Å². The van der Waals surface area contributed by atoms with Gasteiger partial charge in [-0.05, 0) is 13.3 Å². The Balaban J connectivity index is 2.87. The predicted octanol–water partition coefficient (Wildman–Crippen LogP) is -0.347. The number of Topliss-reactive ketones (excluding diaryl/α,β-unsaturated/α-hetero) is 2. The summed E-state index contributed by atoms with van der Waals surface area (Å²) in [5.74, 6) is -0.501. The molecule has 0 bridgehead atoms. The Hall–Kier alpha value is -0.780. The zero-order valence-corrected chi connectivity index (χ0v) is 8.28. The quantitative estimate of drug-likeness (QED) is 0.532. The monoisotopic (exact) mass is 201 g/mol. The first-order valence-corrected chi connectivity index (χ1v) is 4.52. The summed E-state index contributed by atoms with van der Waals surface area (Å²) >= 11 is 0. The summed E-state index contributed by atoms with van der Waals surface area (Å²) in [5.41, 5.74) is 1.10. The van der Waals surface area contributed by atoms with Gasteiger partial charge in [0.15, 0.2) is 5.78 Å². The highest BCUT2D eigenvalue weighted by molar-refractivity contribution is 5.93. The van der Waals surface area contributed by atoms with E-state index in [0.717, 1.165) is 0 Å². The molecule has 80 valence electrons. The molecule has 0 aromatic carbocycles. The van der Waals surface area contributed by atoms with Crippen LogP contribution in [0.15, 0.2) is 0 Å². The fraction of sp³-hybridized carbons (Fsp3) is 0.778. The SMILES string of the molecule is CC(=O)C1(C)CC(=O)C(O)C(NO)C1. The molecule has 1 saturated carbocycles. The molecule has 0 radical (unpaired) electrons. The normalized spacial score (nSPS) is 38.4. The van der Waals surface area contributed by atoms with E-state index in [1.807, 2.05) is 5.48 Å². The van der Waals surface area contributed by atoms with Crippen molar-refractivity contribution in [1.82, 2.24) is 5.48 Å². The highest BCUT2D eigenvalue weighted by Crippen LogP contribution is 2.34. The summed E-state index contributed by atoms with van der Waals surface area (Å²) < 4.78 is 0. The maximum Gasteiger partial charge on any atom is 0.163 e. The van der Waals surface area contributed by atoms with Gasteiger partial charge in [-0.2, -0.15) is 5.48 Å². The Morgan fingerprint density at radius 3 is 2.64 bits per heavy atom. The van der Waals surface area contributed by atoms with Crippen LogP contribution >= 0.6 is 0 Å². The van der Waals surface area contributed by atoms with Gasteiger partial charge < -0.3 is 10.3 Å². The minimum absolute atomic E-state index is 0.0433. The molecule has 3 unspecified atom stereocenters. The van der Waals surface area contributed by atoms with Crippen molar-refractivity contribution < 1.29 is 19.9 Å². The molecule has 3 atom stereocenters. The van der Waals surface area contributed by atoms with Crippen LogP contribution in [0.3, 0.4) is 0 Å². The number of carbonyl (C=O) groups is 2. The van der Waals surface area contributed by atoms with E-state index in [0.29, 0.717) is 0 Å². The first-order valence-electron chi connectivity index (χ1n) is 4.52. The summed E-state index contributed by atoms with van der Waals surface area (Å²) in [6.07, 6.45) is -0.902. The summed E-state index contributed by atoms with van der Waals surface area (Å²) in [4.78, 5) is 22.6. The summed E-state index contributed by atoms with van der Waals surface area (Å²) in [6, 6.07) is -0.745. The maximum atomic E-state index is 11.3. The lowest BCUT2D eigenvalue weighted by molar-refractivity contribution is -0.145. The van der Waals surface area contributed by atoms with Crippen LogP contribution in [-0.2, 0) is 9.59 Å². The lowest BCUT2D eigenvalue weighted by Gasteiger charge is -2.37. The standard InChI is InChI=1S/C9H15NO4/c1-5(11)9(2)3-6(10-14)8(13)7(12)4-9/h6,8,10,13-14H,3-4H2,1-2H3. The Bertz CT molecular complexity index is 266. The Labute approximate surface area is 82.1 Å². The minimum atomic E-state index is -1.22. The van der Waals surface area contributed by atoms with E-state index in [2.05, 4.69) is 0 Å². The molecule has 0 spiro atoms. The van der Waals surface area contributed by atoms with Crippen molar-refractivity contribution in [3.63, 3.8) is 0 Å². The molecular weight excluding hydrogens is 186 g/mol. The second-order valence-electron chi connectivity index (χ2n) is 4.14. The van der Waals surface area contributed by atoms with Gasteiger partial charge in [0.2, 0.25) is 0 Å². The van der Waals surface area contributed by atoms with E-state index >= 15 is 0 Å². The highest BCUT2D eigenvalue weighted by atomic mass is 16.5. The zero-order chi connectivity index (χ0) is 10.9.